The van der Waals surface area contributed by atoms with Gasteiger partial charge in [-0.2, -0.15) is 0 Å². The topological polar surface area (TPSA) is 58.2 Å². The summed E-state index contributed by atoms with van der Waals surface area (Å²) in [6, 6.07) is 8.82. The molecular weight excluding hydrogens is 240 g/mol. The van der Waals surface area contributed by atoms with Gasteiger partial charge in [0.15, 0.2) is 0 Å². The van der Waals surface area contributed by atoms with Crippen LogP contribution in [0.4, 0.5) is 4.79 Å². The molecule has 98 valence electrons. The highest BCUT2D eigenvalue weighted by Crippen LogP contribution is 2.06. The van der Waals surface area contributed by atoms with E-state index in [0.29, 0.717) is 0 Å². The molecule has 0 bridgehead atoms. The molecule has 1 aliphatic carbocycles. The maximum atomic E-state index is 11.7. The molecule has 0 saturated heterocycles. The number of rotatable bonds is 3. The van der Waals surface area contributed by atoms with Gasteiger partial charge in [0.2, 0.25) is 5.91 Å². The van der Waals surface area contributed by atoms with E-state index in [1.807, 2.05) is 48.6 Å². The number of benzene rings is 1. The Morgan fingerprint density at radius 1 is 1.11 bits per heavy atom. The zero-order valence-electron chi connectivity index (χ0n) is 10.6. The number of hydrogen-bond donors (Lipinski definition) is 2. The van der Waals surface area contributed by atoms with Gasteiger partial charge in [0, 0.05) is 5.70 Å². The Morgan fingerprint density at radius 2 is 1.89 bits per heavy atom. The number of urea groups is 1. The van der Waals surface area contributed by atoms with Crippen LogP contribution in [0.5, 0.6) is 0 Å². The Kier molecular flexibility index (Phi) is 4.50. The number of nitrogens with one attached hydrogen (secondary N) is 2. The minimum Gasteiger partial charge on any atom is -0.308 e. The van der Waals surface area contributed by atoms with Gasteiger partial charge in [-0.15, -0.1) is 0 Å². The Morgan fingerprint density at radius 3 is 2.58 bits per heavy atom. The van der Waals surface area contributed by atoms with E-state index in [1.54, 1.807) is 0 Å². The molecule has 4 heteroatoms. The van der Waals surface area contributed by atoms with Crippen LogP contribution in [-0.4, -0.2) is 11.9 Å². The fourth-order valence-corrected chi connectivity index (χ4v) is 1.82. The van der Waals surface area contributed by atoms with E-state index < -0.39 is 6.03 Å². The molecule has 0 aromatic heterocycles. The van der Waals surface area contributed by atoms with Gasteiger partial charge in [-0.3, -0.25) is 10.1 Å². The molecule has 2 N–H and O–H groups in total. The van der Waals surface area contributed by atoms with E-state index >= 15 is 0 Å². The molecule has 0 spiro atoms. The zero-order chi connectivity index (χ0) is 13.5. The molecule has 3 amide bonds. The van der Waals surface area contributed by atoms with Gasteiger partial charge in [-0.25, -0.2) is 4.79 Å². The summed E-state index contributed by atoms with van der Waals surface area (Å²) in [6.07, 6.45) is 7.85. The smallest absolute Gasteiger partial charge is 0.308 e. The lowest BCUT2D eigenvalue weighted by atomic mass is 10.1. The van der Waals surface area contributed by atoms with Crippen molar-refractivity contribution >= 4 is 11.9 Å². The third kappa shape index (κ3) is 4.43. The first-order valence-corrected chi connectivity index (χ1v) is 6.25. The normalized spacial score (nSPS) is 13.6. The standard InChI is InChI=1S/C15H16N2O2/c18-14(11-12-7-3-1-4-8-12)17-15(19)16-13-9-5-2-6-10-13/h1,3-5,7-10H,2,6,11H2,(H2,16,17,18,19). The molecule has 0 unspecified atom stereocenters. The highest BCUT2D eigenvalue weighted by atomic mass is 16.2. The van der Waals surface area contributed by atoms with Crippen molar-refractivity contribution in [2.45, 2.75) is 19.3 Å². The summed E-state index contributed by atoms with van der Waals surface area (Å²) in [6.45, 7) is 0. The van der Waals surface area contributed by atoms with Crippen LogP contribution in [0.2, 0.25) is 0 Å². The van der Waals surface area contributed by atoms with E-state index in [0.717, 1.165) is 24.1 Å². The molecule has 0 saturated carbocycles. The second kappa shape index (κ2) is 6.54. The molecule has 0 fully saturated rings. The molecule has 2 rings (SSSR count). The number of allylic oxidation sites excluding steroid dienone is 3. The van der Waals surface area contributed by atoms with Gasteiger partial charge in [0.25, 0.3) is 0 Å². The molecule has 1 aliphatic rings. The van der Waals surface area contributed by atoms with Crippen LogP contribution in [0, 0.1) is 0 Å². The second-order valence-corrected chi connectivity index (χ2v) is 4.30. The molecule has 4 nitrogen and oxygen atoms in total. The van der Waals surface area contributed by atoms with Crippen molar-refractivity contribution in [1.82, 2.24) is 10.6 Å². The third-order valence-corrected chi connectivity index (χ3v) is 2.71. The Labute approximate surface area is 112 Å². The van der Waals surface area contributed by atoms with Crippen molar-refractivity contribution in [1.29, 1.82) is 0 Å². The first-order valence-electron chi connectivity index (χ1n) is 6.25. The number of hydrogen-bond acceptors (Lipinski definition) is 2. The van der Waals surface area contributed by atoms with Crippen molar-refractivity contribution < 1.29 is 9.59 Å². The summed E-state index contributed by atoms with van der Waals surface area (Å²) in [5.41, 5.74) is 1.61. The number of imide groups is 1. The Balaban J connectivity index is 1.80. The maximum absolute atomic E-state index is 11.7. The number of carbonyl (C=O) groups excluding carboxylic acids is 2. The SMILES string of the molecule is O=C(Cc1ccccc1)NC(=O)NC1=CCCC=C1. The molecule has 0 atom stereocenters. The lowest BCUT2D eigenvalue weighted by Crippen LogP contribution is -2.39. The van der Waals surface area contributed by atoms with Crippen LogP contribution in [0.1, 0.15) is 18.4 Å². The monoisotopic (exact) mass is 256 g/mol. The largest absolute Gasteiger partial charge is 0.325 e. The van der Waals surface area contributed by atoms with Crippen molar-refractivity contribution in [3.63, 3.8) is 0 Å². The van der Waals surface area contributed by atoms with Crippen LogP contribution >= 0.6 is 0 Å². The highest BCUT2D eigenvalue weighted by molar-refractivity contribution is 5.95. The quantitative estimate of drug-likeness (QED) is 0.871. The minimum absolute atomic E-state index is 0.198. The van der Waals surface area contributed by atoms with Crippen molar-refractivity contribution in [2.24, 2.45) is 0 Å². The average Bonchev–Trinajstić information content (AvgIpc) is 2.40. The summed E-state index contributed by atoms with van der Waals surface area (Å²) in [7, 11) is 0. The van der Waals surface area contributed by atoms with E-state index in [1.165, 1.54) is 0 Å². The Hall–Kier alpha value is -2.36. The van der Waals surface area contributed by atoms with Crippen LogP contribution in [0.15, 0.2) is 54.3 Å². The number of amides is 3. The summed E-state index contributed by atoms with van der Waals surface area (Å²) in [5, 5.41) is 4.95. The maximum Gasteiger partial charge on any atom is 0.325 e. The van der Waals surface area contributed by atoms with Gasteiger partial charge >= 0.3 is 6.03 Å². The van der Waals surface area contributed by atoms with Crippen LogP contribution in [0.25, 0.3) is 0 Å². The van der Waals surface area contributed by atoms with E-state index in [2.05, 4.69) is 10.6 Å². The molecule has 1 aromatic rings. The zero-order valence-corrected chi connectivity index (χ0v) is 10.6. The number of carbonyl (C=O) groups is 2. The molecule has 1 aromatic carbocycles. The summed E-state index contributed by atoms with van der Waals surface area (Å²) in [5.74, 6) is -0.316. The highest BCUT2D eigenvalue weighted by Gasteiger charge is 2.09. The van der Waals surface area contributed by atoms with Gasteiger partial charge in [0.05, 0.1) is 6.42 Å². The second-order valence-electron chi connectivity index (χ2n) is 4.30. The molecule has 0 heterocycles. The van der Waals surface area contributed by atoms with Crippen molar-refractivity contribution in [3.8, 4) is 0 Å². The summed E-state index contributed by atoms with van der Waals surface area (Å²) >= 11 is 0. The predicted molar refractivity (Wildman–Crippen MR) is 73.3 cm³/mol. The fourth-order valence-electron chi connectivity index (χ4n) is 1.82. The first-order chi connectivity index (χ1) is 9.24. The lowest BCUT2D eigenvalue weighted by Gasteiger charge is -2.09. The van der Waals surface area contributed by atoms with Gasteiger partial charge in [-0.05, 0) is 24.5 Å². The van der Waals surface area contributed by atoms with Gasteiger partial charge in [0.1, 0.15) is 0 Å². The molecule has 0 radical (unpaired) electrons. The fraction of sp³-hybridized carbons (Fsp3) is 0.200. The van der Waals surface area contributed by atoms with E-state index in [4.69, 9.17) is 0 Å². The molecule has 19 heavy (non-hydrogen) atoms. The van der Waals surface area contributed by atoms with Crippen LogP contribution in [0.3, 0.4) is 0 Å². The average molecular weight is 256 g/mol. The van der Waals surface area contributed by atoms with E-state index in [9.17, 15) is 9.59 Å². The molecular formula is C15H16N2O2. The van der Waals surface area contributed by atoms with E-state index in [-0.39, 0.29) is 12.3 Å². The Bertz CT molecular complexity index is 518. The predicted octanol–water partition coefficient (Wildman–Crippen LogP) is 2.29. The van der Waals surface area contributed by atoms with Crippen LogP contribution < -0.4 is 10.6 Å². The van der Waals surface area contributed by atoms with Crippen LogP contribution in [-0.2, 0) is 11.2 Å². The van der Waals surface area contributed by atoms with Crippen molar-refractivity contribution in [3.05, 3.63) is 59.8 Å². The third-order valence-electron chi connectivity index (χ3n) is 2.71. The first kappa shape index (κ1) is 13.1. The lowest BCUT2D eigenvalue weighted by molar-refractivity contribution is -0.119. The summed E-state index contributed by atoms with van der Waals surface area (Å²) < 4.78 is 0. The molecule has 0 aliphatic heterocycles. The van der Waals surface area contributed by atoms with Crippen molar-refractivity contribution in [2.75, 3.05) is 0 Å². The van der Waals surface area contributed by atoms with Gasteiger partial charge in [-0.1, -0.05) is 42.5 Å². The van der Waals surface area contributed by atoms with Gasteiger partial charge < -0.3 is 5.32 Å². The minimum atomic E-state index is -0.487. The summed E-state index contributed by atoms with van der Waals surface area (Å²) in [4.78, 5) is 23.2.